The van der Waals surface area contributed by atoms with E-state index in [0.29, 0.717) is 0 Å². The number of carbonyl (C=O) groups excluding carboxylic acids is 1. The molecule has 17 heavy (non-hydrogen) atoms. The number of rotatable bonds is 1. The quantitative estimate of drug-likeness (QED) is 0.815. The van der Waals surface area contributed by atoms with Gasteiger partial charge in [0.2, 0.25) is 5.91 Å². The van der Waals surface area contributed by atoms with Crippen LogP contribution in [0.15, 0.2) is 22.6 Å². The second-order valence-electron chi connectivity index (χ2n) is 4.57. The molecule has 0 saturated carbocycles. The molecular weight excluding hydrogens is 214 g/mol. The summed E-state index contributed by atoms with van der Waals surface area (Å²) >= 11 is 0. The molecule has 0 spiro atoms. The molecule has 3 heteroatoms. The van der Waals surface area contributed by atoms with Crippen LogP contribution in [0.4, 0.5) is 5.69 Å². The van der Waals surface area contributed by atoms with Gasteiger partial charge in [-0.05, 0) is 25.3 Å². The summed E-state index contributed by atoms with van der Waals surface area (Å²) in [7, 11) is 0. The van der Waals surface area contributed by atoms with Crippen LogP contribution in [0, 0.1) is 0 Å². The monoisotopic (exact) mass is 229 g/mol. The van der Waals surface area contributed by atoms with Crippen molar-refractivity contribution >= 4 is 22.6 Å². The molecule has 1 aromatic carbocycles. The summed E-state index contributed by atoms with van der Waals surface area (Å²) in [5, 5.41) is 3.98. The molecule has 0 radical (unpaired) electrons. The maximum absolute atomic E-state index is 11.1. The van der Waals surface area contributed by atoms with Crippen LogP contribution in [0.25, 0.3) is 11.0 Å². The topological polar surface area (TPSA) is 42.2 Å². The smallest absolute Gasteiger partial charge is 0.221 e. The third-order valence-corrected chi connectivity index (χ3v) is 3.29. The maximum atomic E-state index is 11.1. The summed E-state index contributed by atoms with van der Waals surface area (Å²) in [4.78, 5) is 11.1. The van der Waals surface area contributed by atoms with Gasteiger partial charge in [0.25, 0.3) is 0 Å². The van der Waals surface area contributed by atoms with Gasteiger partial charge in [0.1, 0.15) is 5.76 Å². The lowest BCUT2D eigenvalue weighted by atomic mass is 9.96. The normalized spacial score (nSPS) is 14.6. The first-order chi connectivity index (χ1) is 8.25. The van der Waals surface area contributed by atoms with E-state index in [4.69, 9.17) is 4.42 Å². The Hall–Kier alpha value is -1.77. The molecule has 0 fully saturated rings. The summed E-state index contributed by atoms with van der Waals surface area (Å²) in [6.45, 7) is 1.52. The minimum Gasteiger partial charge on any atom is -0.459 e. The number of aryl methyl sites for hydroxylation is 2. The summed E-state index contributed by atoms with van der Waals surface area (Å²) in [5.41, 5.74) is 2.94. The van der Waals surface area contributed by atoms with Crippen LogP contribution in [0.3, 0.4) is 0 Å². The predicted octanol–water partition coefficient (Wildman–Crippen LogP) is 3.27. The Labute approximate surface area is 99.8 Å². The molecule has 1 N–H and O–H groups in total. The van der Waals surface area contributed by atoms with Crippen LogP contribution in [0.5, 0.6) is 0 Å². The average molecular weight is 229 g/mol. The first kappa shape index (κ1) is 10.4. The van der Waals surface area contributed by atoms with Gasteiger partial charge in [0, 0.05) is 24.3 Å². The molecule has 1 heterocycles. The maximum Gasteiger partial charge on any atom is 0.221 e. The van der Waals surface area contributed by atoms with Crippen molar-refractivity contribution in [2.24, 2.45) is 0 Å². The number of anilines is 1. The fourth-order valence-electron chi connectivity index (χ4n) is 2.57. The Bertz CT molecular complexity index is 583. The van der Waals surface area contributed by atoms with E-state index in [-0.39, 0.29) is 5.91 Å². The van der Waals surface area contributed by atoms with Gasteiger partial charge in [0.15, 0.2) is 5.58 Å². The van der Waals surface area contributed by atoms with Gasteiger partial charge >= 0.3 is 0 Å². The predicted molar refractivity (Wildman–Crippen MR) is 67.2 cm³/mol. The lowest BCUT2D eigenvalue weighted by Crippen LogP contribution is -2.05. The SMILES string of the molecule is CC(=O)Nc1cccc2c3c(oc12)CCCC3. The van der Waals surface area contributed by atoms with Gasteiger partial charge in [-0.3, -0.25) is 4.79 Å². The molecule has 2 aromatic rings. The molecule has 0 bridgehead atoms. The Morgan fingerprint density at radius 3 is 2.94 bits per heavy atom. The molecule has 0 saturated heterocycles. The zero-order chi connectivity index (χ0) is 11.8. The lowest BCUT2D eigenvalue weighted by Gasteiger charge is -2.08. The average Bonchev–Trinajstić information content (AvgIpc) is 2.68. The molecule has 0 aliphatic heterocycles. The number of hydrogen-bond acceptors (Lipinski definition) is 2. The van der Waals surface area contributed by atoms with Gasteiger partial charge in [-0.1, -0.05) is 12.1 Å². The van der Waals surface area contributed by atoms with Crippen LogP contribution >= 0.6 is 0 Å². The minimum atomic E-state index is -0.0631. The van der Waals surface area contributed by atoms with E-state index in [1.807, 2.05) is 12.1 Å². The molecule has 1 aliphatic rings. The highest BCUT2D eigenvalue weighted by Crippen LogP contribution is 2.35. The number of para-hydroxylation sites is 1. The van der Waals surface area contributed by atoms with E-state index < -0.39 is 0 Å². The number of carbonyl (C=O) groups is 1. The highest BCUT2D eigenvalue weighted by atomic mass is 16.3. The number of hydrogen-bond donors (Lipinski definition) is 1. The largest absolute Gasteiger partial charge is 0.459 e. The molecule has 0 unspecified atom stereocenters. The molecule has 0 atom stereocenters. The third-order valence-electron chi connectivity index (χ3n) is 3.29. The molecule has 1 aliphatic carbocycles. The number of nitrogens with one attached hydrogen (secondary N) is 1. The van der Waals surface area contributed by atoms with Crippen molar-refractivity contribution in [3.63, 3.8) is 0 Å². The van der Waals surface area contributed by atoms with Crippen molar-refractivity contribution < 1.29 is 9.21 Å². The minimum absolute atomic E-state index is 0.0631. The van der Waals surface area contributed by atoms with E-state index in [9.17, 15) is 4.79 Å². The summed E-state index contributed by atoms with van der Waals surface area (Å²) in [5.74, 6) is 1.04. The zero-order valence-electron chi connectivity index (χ0n) is 9.88. The van der Waals surface area contributed by atoms with Crippen molar-refractivity contribution in [3.05, 3.63) is 29.5 Å². The van der Waals surface area contributed by atoms with Crippen LogP contribution in [0.2, 0.25) is 0 Å². The molecule has 88 valence electrons. The Morgan fingerprint density at radius 2 is 2.12 bits per heavy atom. The van der Waals surface area contributed by atoms with Crippen LogP contribution < -0.4 is 5.32 Å². The molecule has 1 aromatic heterocycles. The van der Waals surface area contributed by atoms with Crippen molar-refractivity contribution in [3.8, 4) is 0 Å². The van der Waals surface area contributed by atoms with E-state index in [1.54, 1.807) is 0 Å². The van der Waals surface area contributed by atoms with Crippen LogP contribution in [-0.4, -0.2) is 5.91 Å². The van der Waals surface area contributed by atoms with E-state index in [2.05, 4.69) is 11.4 Å². The van der Waals surface area contributed by atoms with E-state index >= 15 is 0 Å². The van der Waals surface area contributed by atoms with Gasteiger partial charge in [-0.25, -0.2) is 0 Å². The Balaban J connectivity index is 2.19. The molecule has 3 rings (SSSR count). The van der Waals surface area contributed by atoms with E-state index in [1.165, 1.54) is 25.3 Å². The fraction of sp³-hybridized carbons (Fsp3) is 0.357. The third kappa shape index (κ3) is 1.71. The van der Waals surface area contributed by atoms with Crippen molar-refractivity contribution in [2.75, 3.05) is 5.32 Å². The molecule has 3 nitrogen and oxygen atoms in total. The van der Waals surface area contributed by atoms with Crippen LogP contribution in [0.1, 0.15) is 31.1 Å². The van der Waals surface area contributed by atoms with Gasteiger partial charge in [-0.15, -0.1) is 0 Å². The highest BCUT2D eigenvalue weighted by molar-refractivity contribution is 6.00. The Morgan fingerprint density at radius 1 is 1.29 bits per heavy atom. The lowest BCUT2D eigenvalue weighted by molar-refractivity contribution is -0.114. The molecular formula is C14H15NO2. The first-order valence-electron chi connectivity index (χ1n) is 6.06. The fourth-order valence-corrected chi connectivity index (χ4v) is 2.57. The van der Waals surface area contributed by atoms with Crippen molar-refractivity contribution in [1.82, 2.24) is 0 Å². The van der Waals surface area contributed by atoms with E-state index in [0.717, 1.165) is 35.3 Å². The summed E-state index contributed by atoms with van der Waals surface area (Å²) in [6.07, 6.45) is 4.53. The summed E-state index contributed by atoms with van der Waals surface area (Å²) in [6, 6.07) is 5.94. The number of benzene rings is 1. The van der Waals surface area contributed by atoms with Crippen LogP contribution in [-0.2, 0) is 17.6 Å². The highest BCUT2D eigenvalue weighted by Gasteiger charge is 2.19. The zero-order valence-corrected chi connectivity index (χ0v) is 9.88. The number of fused-ring (bicyclic) bond motifs is 3. The number of furan rings is 1. The second-order valence-corrected chi connectivity index (χ2v) is 4.57. The summed E-state index contributed by atoms with van der Waals surface area (Å²) < 4.78 is 5.91. The molecule has 1 amide bonds. The second kappa shape index (κ2) is 3.91. The van der Waals surface area contributed by atoms with Gasteiger partial charge in [-0.2, -0.15) is 0 Å². The Kier molecular flexibility index (Phi) is 2.39. The van der Waals surface area contributed by atoms with Crippen molar-refractivity contribution in [2.45, 2.75) is 32.6 Å². The first-order valence-corrected chi connectivity index (χ1v) is 6.06. The van der Waals surface area contributed by atoms with Gasteiger partial charge in [0.05, 0.1) is 5.69 Å². The number of amides is 1. The standard InChI is InChI=1S/C14H15NO2/c1-9(16)15-12-7-4-6-11-10-5-2-3-8-13(10)17-14(11)12/h4,6-7H,2-3,5,8H2,1H3,(H,15,16). The van der Waals surface area contributed by atoms with Crippen molar-refractivity contribution in [1.29, 1.82) is 0 Å². The van der Waals surface area contributed by atoms with Gasteiger partial charge < -0.3 is 9.73 Å².